The standard InChI is InChI=1S/C31H27BrN2O5S2/c1-21-8-13-25(14-9-21)40(36,37)33-19-29-30(31(35,20-33)23-6-4-3-5-7-23)27-18-24(32)12-17-28(27)34(29)41(38,39)26-15-10-22(2)11-16-26/h3-18,35H,19-20H2,1-2H3/t31-/m1/s1. The van der Waals surface area contributed by atoms with Crippen molar-refractivity contribution in [3.8, 4) is 0 Å². The Labute approximate surface area is 247 Å². The Kier molecular flexibility index (Phi) is 6.74. The van der Waals surface area contributed by atoms with Gasteiger partial charge in [0, 0.05) is 15.4 Å². The van der Waals surface area contributed by atoms with E-state index in [4.69, 9.17) is 0 Å². The fraction of sp³-hybridized carbons (Fsp3) is 0.161. The first kappa shape index (κ1) is 27.9. The van der Waals surface area contributed by atoms with Crippen LogP contribution in [-0.4, -0.2) is 36.8 Å². The molecule has 4 aromatic carbocycles. The summed E-state index contributed by atoms with van der Waals surface area (Å²) in [6.45, 7) is 3.19. The molecule has 0 aliphatic carbocycles. The Balaban J connectivity index is 1.68. The van der Waals surface area contributed by atoms with Gasteiger partial charge >= 0.3 is 0 Å². The summed E-state index contributed by atoms with van der Waals surface area (Å²) in [6, 6.07) is 26.9. The fourth-order valence-electron chi connectivity index (χ4n) is 5.52. The molecule has 0 saturated carbocycles. The maximum absolute atomic E-state index is 14.3. The van der Waals surface area contributed by atoms with E-state index in [1.54, 1.807) is 72.8 Å². The van der Waals surface area contributed by atoms with Gasteiger partial charge in [0.2, 0.25) is 10.0 Å². The first-order valence-corrected chi connectivity index (χ1v) is 16.6. The molecule has 1 N–H and O–H groups in total. The lowest BCUT2D eigenvalue weighted by Crippen LogP contribution is -2.49. The van der Waals surface area contributed by atoms with E-state index in [9.17, 15) is 21.9 Å². The zero-order chi connectivity index (χ0) is 29.2. The highest BCUT2D eigenvalue weighted by atomic mass is 79.9. The molecule has 1 aromatic heterocycles. The van der Waals surface area contributed by atoms with Gasteiger partial charge in [0.15, 0.2) is 0 Å². The third kappa shape index (κ3) is 4.54. The van der Waals surface area contributed by atoms with Crippen molar-refractivity contribution in [3.63, 3.8) is 0 Å². The minimum Gasteiger partial charge on any atom is -0.379 e. The monoisotopic (exact) mass is 650 g/mol. The highest BCUT2D eigenvalue weighted by Gasteiger charge is 2.48. The number of halogens is 1. The molecule has 1 aliphatic rings. The third-order valence-corrected chi connectivity index (χ3v) is 11.7. The first-order valence-electron chi connectivity index (χ1n) is 12.9. The van der Waals surface area contributed by atoms with E-state index < -0.39 is 25.6 Å². The topological polar surface area (TPSA) is 96.7 Å². The second-order valence-corrected chi connectivity index (χ2v) is 15.0. The van der Waals surface area contributed by atoms with E-state index in [0.29, 0.717) is 26.5 Å². The SMILES string of the molecule is Cc1ccc(S(=O)(=O)N2Cc3c(c4cc(Br)ccc4n3S(=O)(=O)c3ccc(C)cc3)[C@](O)(c3ccccc3)C2)cc1. The van der Waals surface area contributed by atoms with Crippen molar-refractivity contribution in [3.05, 3.63) is 129 Å². The van der Waals surface area contributed by atoms with Gasteiger partial charge in [0.1, 0.15) is 5.60 Å². The van der Waals surface area contributed by atoms with Gasteiger partial charge in [0.25, 0.3) is 10.0 Å². The minimum atomic E-state index is -4.20. The zero-order valence-corrected chi connectivity index (χ0v) is 25.5. The number of nitrogens with zero attached hydrogens (tertiary/aromatic N) is 2. The molecule has 10 heteroatoms. The van der Waals surface area contributed by atoms with E-state index >= 15 is 0 Å². The number of β-amino-alcohol motifs (C(OH)–C–C–N with tert-alkyl or cyclic N) is 1. The van der Waals surface area contributed by atoms with E-state index in [0.717, 1.165) is 11.1 Å². The van der Waals surface area contributed by atoms with E-state index in [-0.39, 0.29) is 28.6 Å². The molecule has 5 aromatic rings. The molecule has 0 spiro atoms. The van der Waals surface area contributed by atoms with Crippen molar-refractivity contribution in [1.82, 2.24) is 8.28 Å². The van der Waals surface area contributed by atoms with Crippen LogP contribution in [0.3, 0.4) is 0 Å². The number of sulfonamides is 1. The van der Waals surface area contributed by atoms with E-state index in [1.165, 1.54) is 32.5 Å². The number of aryl methyl sites for hydroxylation is 2. The molecule has 0 unspecified atom stereocenters. The van der Waals surface area contributed by atoms with Crippen molar-refractivity contribution in [2.45, 2.75) is 35.8 Å². The van der Waals surface area contributed by atoms with E-state index in [1.807, 2.05) is 13.8 Å². The van der Waals surface area contributed by atoms with Crippen LogP contribution >= 0.6 is 15.9 Å². The van der Waals surface area contributed by atoms with Crippen LogP contribution in [0.15, 0.2) is 111 Å². The summed E-state index contributed by atoms with van der Waals surface area (Å²) in [5, 5.41) is 13.1. The number of hydrogen-bond acceptors (Lipinski definition) is 5. The highest BCUT2D eigenvalue weighted by Crippen LogP contribution is 2.46. The Morgan fingerprint density at radius 2 is 1.32 bits per heavy atom. The van der Waals surface area contributed by atoms with Gasteiger partial charge < -0.3 is 5.11 Å². The van der Waals surface area contributed by atoms with Crippen LogP contribution in [-0.2, 0) is 32.2 Å². The Bertz CT molecular complexity index is 2010. The fourth-order valence-corrected chi connectivity index (χ4v) is 8.86. The minimum absolute atomic E-state index is 0.0625. The maximum Gasteiger partial charge on any atom is 0.268 e. The summed E-state index contributed by atoms with van der Waals surface area (Å²) < 4.78 is 59.7. The molecular weight excluding hydrogens is 624 g/mol. The van der Waals surface area contributed by atoms with E-state index in [2.05, 4.69) is 15.9 Å². The lowest BCUT2D eigenvalue weighted by molar-refractivity contribution is 0.0465. The smallest absolute Gasteiger partial charge is 0.268 e. The summed E-state index contributed by atoms with van der Waals surface area (Å²) in [7, 11) is -8.32. The molecule has 1 aliphatic heterocycles. The van der Waals surface area contributed by atoms with Crippen molar-refractivity contribution in [2.75, 3.05) is 6.54 Å². The molecule has 210 valence electrons. The zero-order valence-electron chi connectivity index (χ0n) is 22.3. The molecule has 2 heterocycles. The van der Waals surface area contributed by atoms with Gasteiger partial charge in [-0.1, -0.05) is 81.7 Å². The van der Waals surface area contributed by atoms with Gasteiger partial charge in [-0.25, -0.2) is 20.8 Å². The number of fused-ring (bicyclic) bond motifs is 3. The largest absolute Gasteiger partial charge is 0.379 e. The maximum atomic E-state index is 14.3. The van der Waals surface area contributed by atoms with Crippen LogP contribution in [0.1, 0.15) is 27.9 Å². The van der Waals surface area contributed by atoms with Crippen LogP contribution in [0.5, 0.6) is 0 Å². The Morgan fingerprint density at radius 3 is 1.90 bits per heavy atom. The van der Waals surface area contributed by atoms with Gasteiger partial charge in [-0.3, -0.25) is 0 Å². The molecule has 0 radical (unpaired) electrons. The molecule has 7 nitrogen and oxygen atoms in total. The van der Waals surface area contributed by atoms with Crippen LogP contribution in [0, 0.1) is 13.8 Å². The molecular formula is C31H27BrN2O5S2. The Hall–Kier alpha value is -3.28. The number of hydrogen-bond donors (Lipinski definition) is 1. The second-order valence-electron chi connectivity index (χ2n) is 10.4. The van der Waals surface area contributed by atoms with Gasteiger partial charge in [-0.05, 0) is 61.9 Å². The highest BCUT2D eigenvalue weighted by molar-refractivity contribution is 9.10. The summed E-state index contributed by atoms with van der Waals surface area (Å²) >= 11 is 3.50. The molecule has 0 bridgehead atoms. The predicted octanol–water partition coefficient (Wildman–Crippen LogP) is 5.70. The van der Waals surface area contributed by atoms with Gasteiger partial charge in [-0.2, -0.15) is 4.31 Å². The summed E-state index contributed by atoms with van der Waals surface area (Å²) in [4.78, 5) is 0.126. The average molecular weight is 652 g/mol. The van der Waals surface area contributed by atoms with Crippen LogP contribution in [0.25, 0.3) is 10.9 Å². The first-order chi connectivity index (χ1) is 19.4. The third-order valence-electron chi connectivity index (χ3n) is 7.59. The quantitative estimate of drug-likeness (QED) is 0.263. The van der Waals surface area contributed by atoms with Crippen molar-refractivity contribution >= 4 is 46.9 Å². The van der Waals surface area contributed by atoms with Crippen LogP contribution in [0.4, 0.5) is 0 Å². The molecule has 0 fully saturated rings. The second kappa shape index (κ2) is 9.92. The number of aromatic nitrogens is 1. The number of rotatable bonds is 5. The molecule has 0 saturated heterocycles. The molecule has 1 atom stereocenters. The number of aliphatic hydroxyl groups is 1. The lowest BCUT2D eigenvalue weighted by atomic mass is 9.82. The molecule has 0 amide bonds. The van der Waals surface area contributed by atoms with Crippen molar-refractivity contribution < 1.29 is 21.9 Å². The van der Waals surface area contributed by atoms with Gasteiger partial charge in [-0.15, -0.1) is 0 Å². The van der Waals surface area contributed by atoms with Crippen molar-refractivity contribution in [1.29, 1.82) is 0 Å². The van der Waals surface area contributed by atoms with Crippen LogP contribution < -0.4 is 0 Å². The summed E-state index contributed by atoms with van der Waals surface area (Å²) in [6.07, 6.45) is 0. The Morgan fingerprint density at radius 1 is 0.756 bits per heavy atom. The normalized spacial score (nSPS) is 18.0. The van der Waals surface area contributed by atoms with Gasteiger partial charge in [0.05, 0.1) is 34.1 Å². The van der Waals surface area contributed by atoms with Crippen molar-refractivity contribution in [2.24, 2.45) is 0 Å². The molecule has 6 rings (SSSR count). The number of benzene rings is 4. The lowest BCUT2D eigenvalue weighted by Gasteiger charge is -2.39. The summed E-state index contributed by atoms with van der Waals surface area (Å²) in [5.41, 5.74) is 1.32. The summed E-state index contributed by atoms with van der Waals surface area (Å²) in [5.74, 6) is 0. The molecule has 41 heavy (non-hydrogen) atoms. The average Bonchev–Trinajstić information content (AvgIpc) is 3.29. The van der Waals surface area contributed by atoms with Crippen LogP contribution in [0.2, 0.25) is 0 Å². The predicted molar refractivity (Wildman–Crippen MR) is 162 cm³/mol.